The number of benzene rings is 1. The van der Waals surface area contributed by atoms with Gasteiger partial charge in [-0.05, 0) is 30.7 Å². The van der Waals surface area contributed by atoms with Crippen LogP contribution in [0.15, 0.2) is 48.7 Å². The van der Waals surface area contributed by atoms with Crippen LogP contribution in [0.3, 0.4) is 0 Å². The molecule has 0 saturated heterocycles. The van der Waals surface area contributed by atoms with Crippen LogP contribution >= 0.6 is 0 Å². The molecule has 0 aliphatic heterocycles. The summed E-state index contributed by atoms with van der Waals surface area (Å²) in [5, 5.41) is 5.98. The molecule has 0 aliphatic carbocycles. The number of nitrogens with one attached hydrogen (secondary N) is 2. The van der Waals surface area contributed by atoms with E-state index in [9.17, 15) is 4.79 Å². The first-order chi connectivity index (χ1) is 10.8. The van der Waals surface area contributed by atoms with Crippen LogP contribution in [-0.4, -0.2) is 24.0 Å². The molecule has 5 heteroatoms. The van der Waals surface area contributed by atoms with Crippen molar-refractivity contribution in [2.75, 3.05) is 23.8 Å². The molecular formula is C17H21N3O2. The number of unbranched alkanes of at least 4 members (excludes halogenated alkanes) is 1. The van der Waals surface area contributed by atoms with Gasteiger partial charge in [0.1, 0.15) is 11.6 Å². The van der Waals surface area contributed by atoms with Gasteiger partial charge in [-0.15, -0.1) is 0 Å². The molecule has 0 fully saturated rings. The zero-order valence-electron chi connectivity index (χ0n) is 12.7. The SMILES string of the molecule is CCCCNc1ccc(NC(=O)COc2ccccc2)nc1. The number of carbonyl (C=O) groups is 1. The Balaban J connectivity index is 1.76. The second-order valence-corrected chi connectivity index (χ2v) is 4.86. The predicted molar refractivity (Wildman–Crippen MR) is 88.2 cm³/mol. The lowest BCUT2D eigenvalue weighted by atomic mass is 10.3. The number of pyridine rings is 1. The third-order valence-corrected chi connectivity index (χ3v) is 3.00. The van der Waals surface area contributed by atoms with Gasteiger partial charge in [-0.3, -0.25) is 4.79 Å². The summed E-state index contributed by atoms with van der Waals surface area (Å²) in [6, 6.07) is 12.9. The van der Waals surface area contributed by atoms with Crippen LogP contribution in [0.5, 0.6) is 5.75 Å². The van der Waals surface area contributed by atoms with Crippen molar-refractivity contribution in [2.24, 2.45) is 0 Å². The van der Waals surface area contributed by atoms with E-state index in [-0.39, 0.29) is 12.5 Å². The summed E-state index contributed by atoms with van der Waals surface area (Å²) in [5.74, 6) is 0.951. The number of para-hydroxylation sites is 1. The van der Waals surface area contributed by atoms with Crippen LogP contribution in [0.25, 0.3) is 0 Å². The number of aromatic nitrogens is 1. The van der Waals surface area contributed by atoms with E-state index in [4.69, 9.17) is 4.74 Å². The standard InChI is InChI=1S/C17H21N3O2/c1-2-3-11-18-14-9-10-16(19-12-14)20-17(21)13-22-15-7-5-4-6-8-15/h4-10,12,18H,2-3,11,13H2,1H3,(H,19,20,21). The number of rotatable bonds is 8. The van der Waals surface area contributed by atoms with Crippen molar-refractivity contribution in [3.05, 3.63) is 48.7 Å². The molecule has 0 aliphatic rings. The first-order valence-corrected chi connectivity index (χ1v) is 7.45. The molecular weight excluding hydrogens is 278 g/mol. The van der Waals surface area contributed by atoms with E-state index in [1.165, 1.54) is 0 Å². The van der Waals surface area contributed by atoms with Crippen LogP contribution in [0.1, 0.15) is 19.8 Å². The normalized spacial score (nSPS) is 10.0. The Hall–Kier alpha value is -2.56. The van der Waals surface area contributed by atoms with E-state index in [1.54, 1.807) is 12.3 Å². The average Bonchev–Trinajstić information content (AvgIpc) is 2.56. The van der Waals surface area contributed by atoms with Crippen molar-refractivity contribution >= 4 is 17.4 Å². The van der Waals surface area contributed by atoms with Crippen LogP contribution in [-0.2, 0) is 4.79 Å². The monoisotopic (exact) mass is 299 g/mol. The lowest BCUT2D eigenvalue weighted by Gasteiger charge is -2.08. The third kappa shape index (κ3) is 5.44. The highest BCUT2D eigenvalue weighted by Crippen LogP contribution is 2.11. The molecule has 2 aromatic rings. The summed E-state index contributed by atoms with van der Waals surface area (Å²) >= 11 is 0. The number of hydrogen-bond acceptors (Lipinski definition) is 4. The highest BCUT2D eigenvalue weighted by molar-refractivity contribution is 5.91. The van der Waals surface area contributed by atoms with Gasteiger partial charge in [-0.1, -0.05) is 31.5 Å². The Labute approximate surface area is 130 Å². The molecule has 0 unspecified atom stereocenters. The van der Waals surface area contributed by atoms with E-state index >= 15 is 0 Å². The van der Waals surface area contributed by atoms with Crippen molar-refractivity contribution in [1.29, 1.82) is 0 Å². The zero-order chi connectivity index (χ0) is 15.6. The molecule has 1 amide bonds. The van der Waals surface area contributed by atoms with E-state index < -0.39 is 0 Å². The number of ether oxygens (including phenoxy) is 1. The van der Waals surface area contributed by atoms with Gasteiger partial charge in [0.05, 0.1) is 11.9 Å². The number of amides is 1. The Morgan fingerprint density at radius 3 is 2.68 bits per heavy atom. The summed E-state index contributed by atoms with van der Waals surface area (Å²) in [5.41, 5.74) is 0.951. The summed E-state index contributed by atoms with van der Waals surface area (Å²) in [6.45, 7) is 3.03. The number of hydrogen-bond donors (Lipinski definition) is 2. The van der Waals surface area contributed by atoms with Crippen LogP contribution < -0.4 is 15.4 Å². The second-order valence-electron chi connectivity index (χ2n) is 4.86. The molecule has 0 bridgehead atoms. The molecule has 0 atom stereocenters. The highest BCUT2D eigenvalue weighted by atomic mass is 16.5. The summed E-state index contributed by atoms with van der Waals surface area (Å²) in [4.78, 5) is 16.0. The maximum Gasteiger partial charge on any atom is 0.263 e. The molecule has 2 N–H and O–H groups in total. The molecule has 5 nitrogen and oxygen atoms in total. The quantitative estimate of drug-likeness (QED) is 0.734. The van der Waals surface area contributed by atoms with Gasteiger partial charge < -0.3 is 15.4 Å². The molecule has 0 saturated carbocycles. The minimum Gasteiger partial charge on any atom is -0.484 e. The van der Waals surface area contributed by atoms with Crippen molar-refractivity contribution in [3.8, 4) is 5.75 Å². The molecule has 22 heavy (non-hydrogen) atoms. The van der Waals surface area contributed by atoms with E-state index in [1.807, 2.05) is 36.4 Å². The first kappa shape index (κ1) is 15.8. The molecule has 1 aromatic heterocycles. The average molecular weight is 299 g/mol. The van der Waals surface area contributed by atoms with Gasteiger partial charge in [0, 0.05) is 6.54 Å². The highest BCUT2D eigenvalue weighted by Gasteiger charge is 2.04. The number of anilines is 2. The van der Waals surface area contributed by atoms with Gasteiger partial charge in [0.15, 0.2) is 6.61 Å². The van der Waals surface area contributed by atoms with Gasteiger partial charge in [0.2, 0.25) is 0 Å². The topological polar surface area (TPSA) is 63.2 Å². The summed E-state index contributed by atoms with van der Waals surface area (Å²) in [6.07, 6.45) is 3.98. The maximum absolute atomic E-state index is 11.8. The van der Waals surface area contributed by atoms with Crippen molar-refractivity contribution < 1.29 is 9.53 Å². The lowest BCUT2D eigenvalue weighted by Crippen LogP contribution is -2.20. The lowest BCUT2D eigenvalue weighted by molar-refractivity contribution is -0.118. The molecule has 116 valence electrons. The van der Waals surface area contributed by atoms with Gasteiger partial charge in [0.25, 0.3) is 5.91 Å². The Morgan fingerprint density at radius 1 is 1.18 bits per heavy atom. The van der Waals surface area contributed by atoms with Crippen LogP contribution in [0.4, 0.5) is 11.5 Å². The Morgan fingerprint density at radius 2 is 2.00 bits per heavy atom. The fourth-order valence-electron chi connectivity index (χ4n) is 1.83. The minimum absolute atomic E-state index is 0.0395. The Kier molecular flexibility index (Phi) is 6.23. The number of carbonyl (C=O) groups excluding carboxylic acids is 1. The summed E-state index contributed by atoms with van der Waals surface area (Å²) < 4.78 is 5.38. The van der Waals surface area contributed by atoms with Gasteiger partial charge in [-0.25, -0.2) is 4.98 Å². The maximum atomic E-state index is 11.8. The van der Waals surface area contributed by atoms with Gasteiger partial charge >= 0.3 is 0 Å². The van der Waals surface area contributed by atoms with E-state index in [2.05, 4.69) is 22.5 Å². The molecule has 0 radical (unpaired) electrons. The Bertz CT molecular complexity index is 570. The number of nitrogens with zero attached hydrogens (tertiary/aromatic N) is 1. The van der Waals surface area contributed by atoms with E-state index in [0.29, 0.717) is 11.6 Å². The van der Waals surface area contributed by atoms with E-state index in [0.717, 1.165) is 25.1 Å². The molecule has 1 heterocycles. The molecule has 0 spiro atoms. The van der Waals surface area contributed by atoms with Crippen LogP contribution in [0, 0.1) is 0 Å². The van der Waals surface area contributed by atoms with Crippen molar-refractivity contribution in [2.45, 2.75) is 19.8 Å². The fraction of sp³-hybridized carbons (Fsp3) is 0.294. The van der Waals surface area contributed by atoms with Gasteiger partial charge in [-0.2, -0.15) is 0 Å². The predicted octanol–water partition coefficient (Wildman–Crippen LogP) is 3.31. The fourth-order valence-corrected chi connectivity index (χ4v) is 1.83. The molecule has 1 aromatic carbocycles. The third-order valence-electron chi connectivity index (χ3n) is 3.00. The smallest absolute Gasteiger partial charge is 0.263 e. The minimum atomic E-state index is -0.233. The first-order valence-electron chi connectivity index (χ1n) is 7.45. The van der Waals surface area contributed by atoms with Crippen molar-refractivity contribution in [3.63, 3.8) is 0 Å². The second kappa shape index (κ2) is 8.67. The van der Waals surface area contributed by atoms with Crippen molar-refractivity contribution in [1.82, 2.24) is 4.98 Å². The van der Waals surface area contributed by atoms with Crippen LogP contribution in [0.2, 0.25) is 0 Å². The molecule has 2 rings (SSSR count). The zero-order valence-corrected chi connectivity index (χ0v) is 12.7. The largest absolute Gasteiger partial charge is 0.484 e. The summed E-state index contributed by atoms with van der Waals surface area (Å²) in [7, 11) is 0.